The largest absolute Gasteiger partial charge is 0.478 e. The zero-order chi connectivity index (χ0) is 13.4. The maximum absolute atomic E-state index is 11.0. The number of carboxylic acids is 1. The first-order valence-corrected chi connectivity index (χ1v) is 5.60. The molecule has 3 aromatic rings. The van der Waals surface area contributed by atoms with Crippen molar-refractivity contribution in [2.24, 2.45) is 0 Å². The van der Waals surface area contributed by atoms with Crippen LogP contribution in [0.5, 0.6) is 0 Å². The molecular formula is C13H10N4O2. The van der Waals surface area contributed by atoms with Gasteiger partial charge in [-0.05, 0) is 24.3 Å². The molecule has 3 rings (SSSR count). The van der Waals surface area contributed by atoms with Gasteiger partial charge >= 0.3 is 5.97 Å². The predicted molar refractivity (Wildman–Crippen MR) is 70.2 cm³/mol. The average Bonchev–Trinajstić information content (AvgIpc) is 2.81. The first-order chi connectivity index (χ1) is 9.15. The molecule has 6 nitrogen and oxygen atoms in total. The molecule has 0 aliphatic rings. The Bertz CT molecular complexity index is 765. The van der Waals surface area contributed by atoms with E-state index in [2.05, 4.69) is 10.2 Å². The molecule has 0 unspecified atom stereocenters. The number of hydrogen-bond donors (Lipinski definition) is 2. The highest BCUT2D eigenvalue weighted by molar-refractivity contribution is 5.98. The third kappa shape index (κ3) is 1.89. The highest BCUT2D eigenvalue weighted by Gasteiger charge is 2.12. The molecule has 1 heterocycles. The molecule has 3 N–H and O–H groups in total. The van der Waals surface area contributed by atoms with Crippen molar-refractivity contribution in [3.8, 4) is 5.69 Å². The monoisotopic (exact) mass is 254 g/mol. The lowest BCUT2D eigenvalue weighted by molar-refractivity contribution is 0.0698. The van der Waals surface area contributed by atoms with Gasteiger partial charge in [-0.25, -0.2) is 4.79 Å². The van der Waals surface area contributed by atoms with Crippen LogP contribution in [0.25, 0.3) is 16.7 Å². The van der Waals surface area contributed by atoms with Crippen molar-refractivity contribution >= 4 is 22.7 Å². The van der Waals surface area contributed by atoms with Crippen LogP contribution in [0.15, 0.2) is 42.5 Å². The average molecular weight is 254 g/mol. The van der Waals surface area contributed by atoms with Gasteiger partial charge in [-0.2, -0.15) is 4.80 Å². The molecule has 2 aromatic carbocycles. The predicted octanol–water partition coefficient (Wildman–Crippen LogP) is 1.70. The lowest BCUT2D eigenvalue weighted by atomic mass is 10.1. The second kappa shape index (κ2) is 4.09. The summed E-state index contributed by atoms with van der Waals surface area (Å²) in [7, 11) is 0. The number of aromatic nitrogens is 3. The van der Waals surface area contributed by atoms with Gasteiger partial charge in [-0.1, -0.05) is 18.2 Å². The van der Waals surface area contributed by atoms with Crippen molar-refractivity contribution in [2.45, 2.75) is 0 Å². The van der Waals surface area contributed by atoms with Gasteiger partial charge in [0.15, 0.2) is 0 Å². The van der Waals surface area contributed by atoms with E-state index in [0.717, 1.165) is 5.69 Å². The van der Waals surface area contributed by atoms with Crippen LogP contribution in [0.2, 0.25) is 0 Å². The van der Waals surface area contributed by atoms with Crippen molar-refractivity contribution in [1.29, 1.82) is 0 Å². The minimum Gasteiger partial charge on any atom is -0.478 e. The Morgan fingerprint density at radius 3 is 2.37 bits per heavy atom. The van der Waals surface area contributed by atoms with E-state index in [9.17, 15) is 4.79 Å². The van der Waals surface area contributed by atoms with Gasteiger partial charge in [0, 0.05) is 5.69 Å². The van der Waals surface area contributed by atoms with Gasteiger partial charge in [0.05, 0.1) is 11.3 Å². The Kier molecular flexibility index (Phi) is 2.42. The highest BCUT2D eigenvalue weighted by Crippen LogP contribution is 2.20. The molecule has 0 saturated carbocycles. The van der Waals surface area contributed by atoms with Gasteiger partial charge in [-0.3, -0.25) is 0 Å². The molecule has 6 heteroatoms. The van der Waals surface area contributed by atoms with Crippen molar-refractivity contribution in [2.75, 3.05) is 5.73 Å². The molecule has 0 aliphatic carbocycles. The zero-order valence-electron chi connectivity index (χ0n) is 9.82. The van der Waals surface area contributed by atoms with Crippen LogP contribution in [0.4, 0.5) is 5.69 Å². The summed E-state index contributed by atoms with van der Waals surface area (Å²) < 4.78 is 0. The Balaban J connectivity index is 2.19. The summed E-state index contributed by atoms with van der Waals surface area (Å²) >= 11 is 0. The second-order valence-corrected chi connectivity index (χ2v) is 4.06. The van der Waals surface area contributed by atoms with E-state index in [0.29, 0.717) is 11.0 Å². The van der Waals surface area contributed by atoms with Crippen molar-refractivity contribution < 1.29 is 9.90 Å². The first kappa shape index (κ1) is 11.2. The minimum atomic E-state index is -1.08. The minimum absolute atomic E-state index is 0.0348. The first-order valence-electron chi connectivity index (χ1n) is 5.60. The summed E-state index contributed by atoms with van der Waals surface area (Å²) in [6, 6.07) is 12.3. The zero-order valence-corrected chi connectivity index (χ0v) is 9.82. The lowest BCUT2D eigenvalue weighted by Crippen LogP contribution is -2.01. The molecular weight excluding hydrogens is 244 g/mol. The number of para-hydroxylation sites is 1. The maximum Gasteiger partial charge on any atom is 0.337 e. The molecule has 0 atom stereocenters. The summed E-state index contributed by atoms with van der Waals surface area (Å²) in [6.07, 6.45) is 0. The number of fused-ring (bicyclic) bond motifs is 1. The number of hydrogen-bond acceptors (Lipinski definition) is 4. The second-order valence-electron chi connectivity index (χ2n) is 4.06. The molecule has 0 amide bonds. The van der Waals surface area contributed by atoms with Crippen LogP contribution in [-0.2, 0) is 0 Å². The molecule has 19 heavy (non-hydrogen) atoms. The number of nitrogens with zero attached hydrogens (tertiary/aromatic N) is 3. The lowest BCUT2D eigenvalue weighted by Gasteiger charge is -1.98. The van der Waals surface area contributed by atoms with Crippen molar-refractivity contribution in [1.82, 2.24) is 15.0 Å². The summed E-state index contributed by atoms with van der Waals surface area (Å²) in [6.45, 7) is 0. The molecule has 1 aromatic heterocycles. The normalized spacial score (nSPS) is 10.7. The fourth-order valence-corrected chi connectivity index (χ4v) is 1.84. The number of carboxylic acid groups (broad SMARTS) is 1. The van der Waals surface area contributed by atoms with E-state index in [1.165, 1.54) is 16.9 Å². The molecule has 0 aliphatic heterocycles. The Hall–Kier alpha value is -2.89. The fourth-order valence-electron chi connectivity index (χ4n) is 1.84. The van der Waals surface area contributed by atoms with E-state index in [-0.39, 0.29) is 11.3 Å². The van der Waals surface area contributed by atoms with Crippen LogP contribution in [0.1, 0.15) is 10.4 Å². The van der Waals surface area contributed by atoms with Gasteiger partial charge in [0.25, 0.3) is 0 Å². The van der Waals surface area contributed by atoms with E-state index in [1.54, 1.807) is 0 Å². The number of aromatic carboxylic acids is 1. The van der Waals surface area contributed by atoms with E-state index in [1.807, 2.05) is 30.3 Å². The Morgan fingerprint density at radius 1 is 1.11 bits per heavy atom. The number of carbonyl (C=O) groups is 1. The van der Waals surface area contributed by atoms with Crippen LogP contribution in [-0.4, -0.2) is 26.1 Å². The molecule has 0 radical (unpaired) electrons. The molecule has 0 saturated heterocycles. The van der Waals surface area contributed by atoms with E-state index >= 15 is 0 Å². The topological polar surface area (TPSA) is 94.0 Å². The standard InChI is InChI=1S/C13H10N4O2/c14-10-7-12-11(6-9(10)13(18)19)15-17(16-12)8-4-2-1-3-5-8/h1-7H,14H2,(H,18,19). The SMILES string of the molecule is Nc1cc2nn(-c3ccccc3)nc2cc1C(=O)O. The number of benzene rings is 2. The van der Waals surface area contributed by atoms with E-state index in [4.69, 9.17) is 10.8 Å². The van der Waals surface area contributed by atoms with Crippen LogP contribution in [0, 0.1) is 0 Å². The highest BCUT2D eigenvalue weighted by atomic mass is 16.4. The number of nitrogens with two attached hydrogens (primary N) is 1. The third-order valence-corrected chi connectivity index (χ3v) is 2.77. The van der Waals surface area contributed by atoms with Crippen molar-refractivity contribution in [3.63, 3.8) is 0 Å². The molecule has 0 bridgehead atoms. The summed E-state index contributed by atoms with van der Waals surface area (Å²) in [5.41, 5.74) is 7.75. The smallest absolute Gasteiger partial charge is 0.337 e. The summed E-state index contributed by atoms with van der Waals surface area (Å²) in [5.74, 6) is -1.08. The summed E-state index contributed by atoms with van der Waals surface area (Å²) in [5, 5.41) is 17.5. The fraction of sp³-hybridized carbons (Fsp3) is 0. The van der Waals surface area contributed by atoms with Crippen LogP contribution < -0.4 is 5.73 Å². The molecule has 94 valence electrons. The number of nitrogen functional groups attached to an aromatic ring is 1. The van der Waals surface area contributed by atoms with Crippen LogP contribution >= 0.6 is 0 Å². The van der Waals surface area contributed by atoms with E-state index < -0.39 is 5.97 Å². The Labute approximate surface area is 108 Å². The molecule has 0 fully saturated rings. The van der Waals surface area contributed by atoms with Gasteiger partial charge in [0.2, 0.25) is 0 Å². The van der Waals surface area contributed by atoms with Gasteiger partial charge < -0.3 is 10.8 Å². The number of anilines is 1. The van der Waals surface area contributed by atoms with Gasteiger partial charge in [0.1, 0.15) is 11.0 Å². The molecule has 0 spiro atoms. The summed E-state index contributed by atoms with van der Waals surface area (Å²) in [4.78, 5) is 12.5. The Morgan fingerprint density at radius 2 is 1.74 bits per heavy atom. The number of rotatable bonds is 2. The van der Waals surface area contributed by atoms with Crippen LogP contribution in [0.3, 0.4) is 0 Å². The quantitative estimate of drug-likeness (QED) is 0.679. The maximum atomic E-state index is 11.0. The van der Waals surface area contributed by atoms with Gasteiger partial charge in [-0.15, -0.1) is 10.2 Å². The third-order valence-electron chi connectivity index (χ3n) is 2.77. The van der Waals surface area contributed by atoms with Crippen molar-refractivity contribution in [3.05, 3.63) is 48.0 Å².